The van der Waals surface area contributed by atoms with Crippen LogP contribution in [0.3, 0.4) is 0 Å². The van der Waals surface area contributed by atoms with E-state index >= 15 is 0 Å². The zero-order chi connectivity index (χ0) is 24.6. The first-order valence-electron chi connectivity index (χ1n) is 11.8. The topological polar surface area (TPSA) is 125 Å². The van der Waals surface area contributed by atoms with E-state index in [4.69, 9.17) is 5.73 Å². The highest BCUT2D eigenvalue weighted by Gasteiger charge is 2.21. The molecule has 2 heterocycles. The van der Waals surface area contributed by atoms with E-state index in [1.165, 1.54) is 18.7 Å². The number of anilines is 4. The van der Waals surface area contributed by atoms with Crippen molar-refractivity contribution >= 4 is 35.0 Å². The molecule has 1 aliphatic rings. The molecule has 0 bridgehead atoms. The molecule has 2 amide bonds. The predicted molar refractivity (Wildman–Crippen MR) is 138 cm³/mol. The first-order chi connectivity index (χ1) is 17.0. The highest BCUT2D eigenvalue weighted by atomic mass is 16.1. The number of benzene rings is 2. The number of hydrogen-bond donors (Lipinski definition) is 4. The van der Waals surface area contributed by atoms with E-state index in [0.29, 0.717) is 35.6 Å². The Hall–Kier alpha value is -3.98. The van der Waals surface area contributed by atoms with Gasteiger partial charge in [-0.2, -0.15) is 4.98 Å². The fourth-order valence-electron chi connectivity index (χ4n) is 4.31. The lowest BCUT2D eigenvalue weighted by Crippen LogP contribution is -2.37. The Morgan fingerprint density at radius 2 is 1.91 bits per heavy atom. The van der Waals surface area contributed by atoms with Crippen LogP contribution in [0, 0.1) is 5.92 Å². The normalized spacial score (nSPS) is 15.9. The lowest BCUT2D eigenvalue weighted by atomic mass is 9.97. The third-order valence-corrected chi connectivity index (χ3v) is 5.90. The van der Waals surface area contributed by atoms with Gasteiger partial charge in [-0.25, -0.2) is 4.98 Å². The standard InChI is InChI=1S/C26H31N7O2/c1-18(34)30-21-10-5-11-22(13-21)31-26-29-15-23(24(27)35)25(32-26)28-14-20-9-6-12-33(17-20)16-19-7-3-2-4-8-19/h2-5,7-8,10-11,13,15,20H,6,9,12,14,16-17H2,1H3,(H2,27,35)(H,30,34)(H2,28,29,31,32). The van der Waals surface area contributed by atoms with Crippen molar-refractivity contribution < 1.29 is 9.59 Å². The van der Waals surface area contributed by atoms with Crippen molar-refractivity contribution in [2.24, 2.45) is 11.7 Å². The van der Waals surface area contributed by atoms with Crippen LogP contribution in [0.1, 0.15) is 35.7 Å². The van der Waals surface area contributed by atoms with Gasteiger partial charge >= 0.3 is 0 Å². The van der Waals surface area contributed by atoms with Crippen molar-refractivity contribution in [1.82, 2.24) is 14.9 Å². The van der Waals surface area contributed by atoms with Crippen LogP contribution in [-0.4, -0.2) is 46.3 Å². The number of aromatic nitrogens is 2. The molecule has 1 atom stereocenters. The largest absolute Gasteiger partial charge is 0.369 e. The summed E-state index contributed by atoms with van der Waals surface area (Å²) in [6.45, 7) is 5.12. The van der Waals surface area contributed by atoms with Gasteiger partial charge in [0.1, 0.15) is 5.82 Å². The molecule has 3 aromatic rings. The maximum Gasteiger partial charge on any atom is 0.254 e. The maximum absolute atomic E-state index is 12.0. The molecule has 1 saturated heterocycles. The molecule has 9 heteroatoms. The van der Waals surface area contributed by atoms with Gasteiger partial charge in [0.25, 0.3) is 5.91 Å². The number of carbonyl (C=O) groups excluding carboxylic acids is 2. The van der Waals surface area contributed by atoms with Gasteiger partial charge in [0.2, 0.25) is 11.9 Å². The predicted octanol–water partition coefficient (Wildman–Crippen LogP) is 3.60. The number of amides is 2. The molecule has 35 heavy (non-hydrogen) atoms. The lowest BCUT2D eigenvalue weighted by molar-refractivity contribution is -0.114. The van der Waals surface area contributed by atoms with E-state index in [2.05, 4.69) is 55.1 Å². The maximum atomic E-state index is 12.0. The number of nitrogens with two attached hydrogens (primary N) is 1. The summed E-state index contributed by atoms with van der Waals surface area (Å²) in [5.74, 6) is 0.427. The number of likely N-dealkylation sites (tertiary alicyclic amines) is 1. The highest BCUT2D eigenvalue weighted by molar-refractivity contribution is 5.97. The van der Waals surface area contributed by atoms with Crippen molar-refractivity contribution in [3.63, 3.8) is 0 Å². The molecule has 1 aliphatic heterocycles. The van der Waals surface area contributed by atoms with Crippen LogP contribution in [0.4, 0.5) is 23.1 Å². The molecule has 4 rings (SSSR count). The van der Waals surface area contributed by atoms with E-state index in [9.17, 15) is 9.59 Å². The second kappa shape index (κ2) is 11.4. The highest BCUT2D eigenvalue weighted by Crippen LogP contribution is 2.23. The van der Waals surface area contributed by atoms with Gasteiger partial charge < -0.3 is 21.7 Å². The van der Waals surface area contributed by atoms with Crippen molar-refractivity contribution in [3.8, 4) is 0 Å². The van der Waals surface area contributed by atoms with Gasteiger partial charge in [-0.05, 0) is 49.1 Å². The number of hydrogen-bond acceptors (Lipinski definition) is 7. The second-order valence-electron chi connectivity index (χ2n) is 8.82. The zero-order valence-corrected chi connectivity index (χ0v) is 19.8. The summed E-state index contributed by atoms with van der Waals surface area (Å²) >= 11 is 0. The van der Waals surface area contributed by atoms with Crippen molar-refractivity contribution in [3.05, 3.63) is 71.9 Å². The van der Waals surface area contributed by atoms with E-state index in [1.807, 2.05) is 18.2 Å². The van der Waals surface area contributed by atoms with Gasteiger partial charge in [-0.15, -0.1) is 0 Å². The van der Waals surface area contributed by atoms with Crippen molar-refractivity contribution in [2.75, 3.05) is 35.6 Å². The minimum Gasteiger partial charge on any atom is -0.369 e. The Bertz CT molecular complexity index is 1170. The van der Waals surface area contributed by atoms with Gasteiger partial charge in [0.05, 0.1) is 5.56 Å². The number of carbonyl (C=O) groups is 2. The van der Waals surface area contributed by atoms with Crippen LogP contribution in [0.2, 0.25) is 0 Å². The summed E-state index contributed by atoms with van der Waals surface area (Å²) in [6, 6.07) is 17.7. The van der Waals surface area contributed by atoms with Crippen LogP contribution >= 0.6 is 0 Å². The van der Waals surface area contributed by atoms with Crippen molar-refractivity contribution in [2.45, 2.75) is 26.3 Å². The number of rotatable bonds is 9. The summed E-state index contributed by atoms with van der Waals surface area (Å²) in [5, 5.41) is 9.20. The summed E-state index contributed by atoms with van der Waals surface area (Å²) < 4.78 is 0. The molecule has 1 aromatic heterocycles. The van der Waals surface area contributed by atoms with Gasteiger partial charge in [-0.3, -0.25) is 14.5 Å². The quantitative estimate of drug-likeness (QED) is 0.374. The Balaban J connectivity index is 1.41. The Kier molecular flexibility index (Phi) is 7.89. The number of primary amides is 1. The van der Waals surface area contributed by atoms with Crippen LogP contribution in [0.5, 0.6) is 0 Å². The summed E-state index contributed by atoms with van der Waals surface area (Å²) in [4.78, 5) is 34.5. The number of nitrogens with zero attached hydrogens (tertiary/aromatic N) is 3. The fraction of sp³-hybridized carbons (Fsp3) is 0.308. The zero-order valence-electron chi connectivity index (χ0n) is 19.8. The molecule has 5 N–H and O–H groups in total. The molecule has 0 radical (unpaired) electrons. The molecule has 1 fully saturated rings. The second-order valence-corrected chi connectivity index (χ2v) is 8.82. The summed E-state index contributed by atoms with van der Waals surface area (Å²) in [7, 11) is 0. The molecular formula is C26H31N7O2. The molecule has 0 aliphatic carbocycles. The van der Waals surface area contributed by atoms with E-state index < -0.39 is 5.91 Å². The molecule has 182 valence electrons. The van der Waals surface area contributed by atoms with Crippen LogP contribution in [-0.2, 0) is 11.3 Å². The fourth-order valence-corrected chi connectivity index (χ4v) is 4.31. The van der Waals surface area contributed by atoms with Gasteiger partial charge in [0.15, 0.2) is 0 Å². The molecule has 0 spiro atoms. The van der Waals surface area contributed by atoms with E-state index in [-0.39, 0.29) is 11.5 Å². The first kappa shape index (κ1) is 24.2. The SMILES string of the molecule is CC(=O)Nc1cccc(Nc2ncc(C(N)=O)c(NCC3CCCN(Cc4ccccc4)C3)n2)c1. The number of piperidine rings is 1. The third-order valence-electron chi connectivity index (χ3n) is 5.90. The smallest absolute Gasteiger partial charge is 0.254 e. The number of nitrogens with one attached hydrogen (secondary N) is 3. The molecule has 9 nitrogen and oxygen atoms in total. The monoisotopic (exact) mass is 473 g/mol. The van der Waals surface area contributed by atoms with Crippen LogP contribution in [0.25, 0.3) is 0 Å². The molecule has 2 aromatic carbocycles. The first-order valence-corrected chi connectivity index (χ1v) is 11.8. The van der Waals surface area contributed by atoms with Crippen LogP contribution in [0.15, 0.2) is 60.8 Å². The summed E-state index contributed by atoms with van der Waals surface area (Å²) in [6.07, 6.45) is 3.67. The average molecular weight is 474 g/mol. The van der Waals surface area contributed by atoms with Gasteiger partial charge in [0, 0.05) is 44.1 Å². The Morgan fingerprint density at radius 3 is 2.69 bits per heavy atom. The Labute approximate surface area is 205 Å². The van der Waals surface area contributed by atoms with E-state index in [1.54, 1.807) is 12.1 Å². The average Bonchev–Trinajstić information content (AvgIpc) is 2.83. The van der Waals surface area contributed by atoms with Crippen LogP contribution < -0.4 is 21.7 Å². The third kappa shape index (κ3) is 7.00. The lowest BCUT2D eigenvalue weighted by Gasteiger charge is -2.33. The van der Waals surface area contributed by atoms with Crippen molar-refractivity contribution in [1.29, 1.82) is 0 Å². The molecule has 1 unspecified atom stereocenters. The van der Waals surface area contributed by atoms with Gasteiger partial charge in [-0.1, -0.05) is 36.4 Å². The molecule has 0 saturated carbocycles. The molecular weight excluding hydrogens is 442 g/mol. The summed E-state index contributed by atoms with van der Waals surface area (Å²) in [5.41, 5.74) is 8.50. The minimum atomic E-state index is -0.582. The Morgan fingerprint density at radius 1 is 1.11 bits per heavy atom. The van der Waals surface area contributed by atoms with E-state index in [0.717, 1.165) is 32.5 Å². The minimum absolute atomic E-state index is 0.152.